The molecule has 0 spiro atoms. The number of nitrogens with zero attached hydrogens (tertiary/aromatic N) is 6. The van der Waals surface area contributed by atoms with Crippen LogP contribution in [-0.4, -0.2) is 63.4 Å². The van der Waals surface area contributed by atoms with Crippen LogP contribution in [-0.2, 0) is 0 Å². The second-order valence-corrected chi connectivity index (χ2v) is 7.82. The van der Waals surface area contributed by atoms with Gasteiger partial charge in [0.1, 0.15) is 11.0 Å². The fourth-order valence-electron chi connectivity index (χ4n) is 3.97. The van der Waals surface area contributed by atoms with Gasteiger partial charge in [0, 0.05) is 57.0 Å². The van der Waals surface area contributed by atoms with E-state index in [0.717, 1.165) is 31.9 Å². The van der Waals surface area contributed by atoms with Crippen molar-refractivity contribution in [3.8, 4) is 0 Å². The van der Waals surface area contributed by atoms with E-state index in [-0.39, 0.29) is 11.6 Å². The number of nitrogens with one attached hydrogen (secondary N) is 1. The van der Waals surface area contributed by atoms with Crippen molar-refractivity contribution in [2.45, 2.75) is 6.92 Å². The number of rotatable bonds is 3. The maximum atomic E-state index is 14.4. The van der Waals surface area contributed by atoms with Crippen molar-refractivity contribution in [1.29, 1.82) is 0 Å². The Bertz CT molecular complexity index is 1290. The summed E-state index contributed by atoms with van der Waals surface area (Å²) in [6.45, 7) is 5.49. The number of fused-ring (bicyclic) bond motifs is 2. The van der Waals surface area contributed by atoms with Crippen molar-refractivity contribution in [3.05, 3.63) is 60.1 Å². The number of likely N-dealkylation sites (N-methyl/N-ethyl adjacent to an activating group) is 1. The number of halogens is 1. The number of benzene rings is 1. The molecule has 1 aliphatic heterocycles. The second kappa shape index (κ2) is 7.59. The van der Waals surface area contributed by atoms with Crippen molar-refractivity contribution >= 4 is 34.0 Å². The summed E-state index contributed by atoms with van der Waals surface area (Å²) in [5, 5.41) is 2.78. The normalized spacial score (nSPS) is 15.0. The predicted molar refractivity (Wildman–Crippen MR) is 117 cm³/mol. The Morgan fingerprint density at radius 1 is 1.06 bits per heavy atom. The molecule has 1 aromatic carbocycles. The number of hydrogen-bond donors (Lipinski definition) is 1. The summed E-state index contributed by atoms with van der Waals surface area (Å²) in [6, 6.07) is 4.95. The van der Waals surface area contributed by atoms with Crippen LogP contribution in [0.1, 0.15) is 16.1 Å². The molecule has 9 heteroatoms. The van der Waals surface area contributed by atoms with E-state index in [4.69, 9.17) is 0 Å². The number of aromatic nitrogens is 4. The van der Waals surface area contributed by atoms with E-state index in [9.17, 15) is 9.18 Å². The first-order chi connectivity index (χ1) is 15.0. The zero-order chi connectivity index (χ0) is 21.5. The quantitative estimate of drug-likeness (QED) is 0.550. The molecule has 5 rings (SSSR count). The Hall–Kier alpha value is -3.59. The molecule has 1 amide bonds. The van der Waals surface area contributed by atoms with Gasteiger partial charge in [-0.2, -0.15) is 0 Å². The molecule has 4 heterocycles. The van der Waals surface area contributed by atoms with Gasteiger partial charge >= 0.3 is 0 Å². The smallest absolute Gasteiger partial charge is 0.257 e. The molecular formula is C22H22FN7O. The van der Waals surface area contributed by atoms with Crippen LogP contribution in [0.3, 0.4) is 0 Å². The highest BCUT2D eigenvalue weighted by Crippen LogP contribution is 2.28. The van der Waals surface area contributed by atoms with Gasteiger partial charge < -0.3 is 19.5 Å². The summed E-state index contributed by atoms with van der Waals surface area (Å²) in [6.07, 6.45) is 6.56. The van der Waals surface area contributed by atoms with E-state index >= 15 is 0 Å². The Morgan fingerprint density at radius 3 is 2.58 bits per heavy atom. The number of imidazole rings is 1. The lowest BCUT2D eigenvalue weighted by Crippen LogP contribution is -2.44. The van der Waals surface area contributed by atoms with Gasteiger partial charge in [-0.3, -0.25) is 14.8 Å². The molecule has 0 aliphatic carbocycles. The summed E-state index contributed by atoms with van der Waals surface area (Å²) in [7, 11) is 2.11. The number of anilines is 2. The maximum absolute atomic E-state index is 14.4. The number of pyridine rings is 1. The molecule has 1 saturated heterocycles. The van der Waals surface area contributed by atoms with Crippen molar-refractivity contribution in [3.63, 3.8) is 0 Å². The van der Waals surface area contributed by atoms with Crippen LogP contribution in [0, 0.1) is 12.7 Å². The van der Waals surface area contributed by atoms with E-state index in [2.05, 4.69) is 37.1 Å². The van der Waals surface area contributed by atoms with Gasteiger partial charge in [-0.25, -0.2) is 9.37 Å². The molecule has 1 N–H and O–H groups in total. The van der Waals surface area contributed by atoms with Crippen molar-refractivity contribution < 1.29 is 9.18 Å². The summed E-state index contributed by atoms with van der Waals surface area (Å²) in [5.41, 5.74) is 3.83. The fourth-order valence-corrected chi connectivity index (χ4v) is 3.97. The van der Waals surface area contributed by atoms with Crippen LogP contribution in [0.4, 0.5) is 15.8 Å². The Kier molecular flexibility index (Phi) is 4.74. The Labute approximate surface area is 178 Å². The third kappa shape index (κ3) is 3.57. The molecule has 0 radical (unpaired) electrons. The lowest BCUT2D eigenvalue weighted by Gasteiger charge is -2.34. The molecular weight excluding hydrogens is 397 g/mol. The number of piperazine rings is 1. The first-order valence-corrected chi connectivity index (χ1v) is 10.1. The van der Waals surface area contributed by atoms with Gasteiger partial charge in [-0.1, -0.05) is 0 Å². The Morgan fingerprint density at radius 2 is 1.81 bits per heavy atom. The molecule has 1 aliphatic rings. The highest BCUT2D eigenvalue weighted by atomic mass is 19.1. The summed E-state index contributed by atoms with van der Waals surface area (Å²) in [4.78, 5) is 30.7. The predicted octanol–water partition coefficient (Wildman–Crippen LogP) is 2.73. The van der Waals surface area contributed by atoms with Crippen LogP contribution in [0.2, 0.25) is 0 Å². The lowest BCUT2D eigenvalue weighted by atomic mass is 10.1. The van der Waals surface area contributed by atoms with Gasteiger partial charge in [-0.15, -0.1) is 0 Å². The molecule has 0 atom stereocenters. The van der Waals surface area contributed by atoms with Crippen LogP contribution >= 0.6 is 0 Å². The average molecular weight is 419 g/mol. The SMILES string of the molecule is Cc1cn2cc(NC(=O)c3ccc(N4CCN(C)CC4)c4nccnc34)cc(F)c2n1. The zero-order valence-corrected chi connectivity index (χ0v) is 17.3. The van der Waals surface area contributed by atoms with E-state index in [0.29, 0.717) is 28.0 Å². The number of aryl methyl sites for hydroxylation is 1. The molecule has 3 aromatic heterocycles. The molecule has 0 unspecified atom stereocenters. The Balaban J connectivity index is 1.49. The topological polar surface area (TPSA) is 78.7 Å². The third-order valence-electron chi connectivity index (χ3n) is 5.58. The summed E-state index contributed by atoms with van der Waals surface area (Å²) >= 11 is 0. The number of carbonyl (C=O) groups is 1. The standard InChI is InChI=1S/C22H22FN7O/c1-14-12-30-13-15(11-17(23)21(30)26-14)27-22(31)16-3-4-18(20-19(16)24-5-6-25-20)29-9-7-28(2)8-10-29/h3-6,11-13H,7-10H2,1-2H3,(H,27,31). The molecule has 31 heavy (non-hydrogen) atoms. The van der Waals surface area contributed by atoms with Gasteiger partial charge in [0.25, 0.3) is 5.91 Å². The molecule has 0 bridgehead atoms. The molecule has 0 saturated carbocycles. The summed E-state index contributed by atoms with van der Waals surface area (Å²) in [5.74, 6) is -0.869. The van der Waals surface area contributed by atoms with Crippen molar-refractivity contribution in [2.75, 3.05) is 43.4 Å². The van der Waals surface area contributed by atoms with Gasteiger partial charge in [0.2, 0.25) is 0 Å². The average Bonchev–Trinajstić information content (AvgIpc) is 3.14. The molecule has 158 valence electrons. The maximum Gasteiger partial charge on any atom is 0.257 e. The minimum Gasteiger partial charge on any atom is -0.367 e. The summed E-state index contributed by atoms with van der Waals surface area (Å²) < 4.78 is 16.0. The molecule has 1 fully saturated rings. The second-order valence-electron chi connectivity index (χ2n) is 7.82. The van der Waals surface area contributed by atoms with Crippen LogP contribution < -0.4 is 10.2 Å². The minimum absolute atomic E-state index is 0.225. The van der Waals surface area contributed by atoms with Crippen molar-refractivity contribution in [1.82, 2.24) is 24.3 Å². The van der Waals surface area contributed by atoms with Gasteiger partial charge in [0.15, 0.2) is 11.5 Å². The fraction of sp³-hybridized carbons (Fsp3) is 0.273. The number of hydrogen-bond acceptors (Lipinski definition) is 6. The molecule has 8 nitrogen and oxygen atoms in total. The minimum atomic E-state index is -0.499. The lowest BCUT2D eigenvalue weighted by molar-refractivity contribution is 0.102. The molecule has 4 aromatic rings. The van der Waals surface area contributed by atoms with Crippen LogP contribution in [0.25, 0.3) is 16.7 Å². The zero-order valence-electron chi connectivity index (χ0n) is 17.3. The third-order valence-corrected chi connectivity index (χ3v) is 5.58. The number of carbonyl (C=O) groups excluding carboxylic acids is 1. The highest BCUT2D eigenvalue weighted by Gasteiger charge is 2.21. The monoisotopic (exact) mass is 419 g/mol. The van der Waals surface area contributed by atoms with Crippen molar-refractivity contribution in [2.24, 2.45) is 0 Å². The first-order valence-electron chi connectivity index (χ1n) is 10.1. The van der Waals surface area contributed by atoms with E-state index < -0.39 is 5.82 Å². The largest absolute Gasteiger partial charge is 0.367 e. The van der Waals surface area contributed by atoms with E-state index in [1.807, 2.05) is 6.07 Å². The van der Waals surface area contributed by atoms with Gasteiger partial charge in [0.05, 0.1) is 22.6 Å². The van der Waals surface area contributed by atoms with Gasteiger partial charge in [-0.05, 0) is 26.1 Å². The van der Waals surface area contributed by atoms with E-state index in [1.165, 1.54) is 6.07 Å². The first kappa shape index (κ1) is 19.4. The highest BCUT2D eigenvalue weighted by molar-refractivity contribution is 6.13. The number of amides is 1. The van der Waals surface area contributed by atoms with Crippen LogP contribution in [0.5, 0.6) is 0 Å². The van der Waals surface area contributed by atoms with E-state index in [1.54, 1.807) is 42.2 Å². The van der Waals surface area contributed by atoms with Crippen LogP contribution in [0.15, 0.2) is 43.0 Å².